The molecule has 3 nitrogen and oxygen atoms in total. The highest BCUT2D eigenvalue weighted by Crippen LogP contribution is 2.26. The van der Waals surface area contributed by atoms with Gasteiger partial charge in [0.1, 0.15) is 0 Å². The minimum atomic E-state index is -0.411. The van der Waals surface area contributed by atoms with Gasteiger partial charge in [-0.1, -0.05) is 41.6 Å². The highest BCUT2D eigenvalue weighted by Gasteiger charge is 2.19. The van der Waals surface area contributed by atoms with Gasteiger partial charge in [-0.05, 0) is 50.3 Å². The summed E-state index contributed by atoms with van der Waals surface area (Å²) < 4.78 is 0. The van der Waals surface area contributed by atoms with Crippen LogP contribution in [0.3, 0.4) is 0 Å². The largest absolute Gasteiger partial charge is 0.365 e. The van der Waals surface area contributed by atoms with Crippen molar-refractivity contribution in [3.63, 3.8) is 0 Å². The molecule has 0 bridgehead atoms. The van der Waals surface area contributed by atoms with Gasteiger partial charge in [-0.2, -0.15) is 0 Å². The van der Waals surface area contributed by atoms with Gasteiger partial charge in [-0.3, -0.25) is 0 Å². The zero-order valence-electron chi connectivity index (χ0n) is 12.8. The maximum absolute atomic E-state index is 12.1. The number of benzene rings is 1. The number of aryl methyl sites for hydroxylation is 1. The summed E-state index contributed by atoms with van der Waals surface area (Å²) in [5.74, 6) is -0.0320. The molecule has 0 N–H and O–H groups in total. The molecule has 1 unspecified atom stereocenters. The fraction of sp³-hybridized carbons (Fsp3) is 0.333. The van der Waals surface area contributed by atoms with Crippen molar-refractivity contribution >= 4 is 11.7 Å². The molecule has 0 heterocycles. The summed E-state index contributed by atoms with van der Waals surface area (Å²) in [7, 11) is 0. The van der Waals surface area contributed by atoms with Crippen LogP contribution in [0.25, 0.3) is 0 Å². The number of hydrogen-bond donors (Lipinski definition) is 0. The quantitative estimate of drug-likeness (QED) is 0.467. The second-order valence-electron chi connectivity index (χ2n) is 5.60. The van der Waals surface area contributed by atoms with Gasteiger partial charge in [-0.15, -0.1) is 0 Å². The first-order chi connectivity index (χ1) is 9.99. The Balaban J connectivity index is 2.12. The van der Waals surface area contributed by atoms with Crippen LogP contribution in [0.5, 0.6) is 0 Å². The molecular weight excluding hydrogens is 262 g/mol. The van der Waals surface area contributed by atoms with E-state index in [0.717, 1.165) is 35.3 Å². The van der Waals surface area contributed by atoms with Gasteiger partial charge < -0.3 is 4.84 Å². The van der Waals surface area contributed by atoms with Crippen LogP contribution < -0.4 is 0 Å². The topological polar surface area (TPSA) is 38.7 Å². The van der Waals surface area contributed by atoms with E-state index in [-0.39, 0.29) is 0 Å². The maximum Gasteiger partial charge on any atom is 0.365 e. The Morgan fingerprint density at radius 3 is 2.71 bits per heavy atom. The maximum atomic E-state index is 12.1. The second kappa shape index (κ2) is 6.53. The highest BCUT2D eigenvalue weighted by molar-refractivity contribution is 6.01. The van der Waals surface area contributed by atoms with Crippen LogP contribution >= 0.6 is 0 Å². The van der Waals surface area contributed by atoms with E-state index in [1.165, 1.54) is 0 Å². The van der Waals surface area contributed by atoms with E-state index < -0.39 is 5.97 Å². The van der Waals surface area contributed by atoms with Crippen molar-refractivity contribution in [2.75, 3.05) is 0 Å². The molecule has 0 saturated carbocycles. The lowest BCUT2D eigenvalue weighted by Crippen LogP contribution is -2.16. The van der Waals surface area contributed by atoms with E-state index in [9.17, 15) is 4.79 Å². The molecule has 3 heteroatoms. The molecule has 2 rings (SSSR count). The van der Waals surface area contributed by atoms with E-state index in [1.54, 1.807) is 6.07 Å². The average Bonchev–Trinajstić information content (AvgIpc) is 2.46. The Morgan fingerprint density at radius 1 is 1.33 bits per heavy atom. The van der Waals surface area contributed by atoms with Crippen molar-refractivity contribution in [2.45, 2.75) is 33.6 Å². The second-order valence-corrected chi connectivity index (χ2v) is 5.60. The molecule has 0 fully saturated rings. The minimum Gasteiger partial charge on any atom is -0.313 e. The Bertz CT molecular complexity index is 626. The van der Waals surface area contributed by atoms with Crippen molar-refractivity contribution in [3.8, 4) is 0 Å². The number of nitrogens with zero attached hydrogens (tertiary/aromatic N) is 1. The third-order valence-corrected chi connectivity index (χ3v) is 3.90. The normalized spacial score (nSPS) is 20.0. The van der Waals surface area contributed by atoms with Crippen LogP contribution in [0.1, 0.15) is 42.6 Å². The molecule has 0 aromatic heterocycles. The van der Waals surface area contributed by atoms with E-state index >= 15 is 0 Å². The number of hydrogen-bond acceptors (Lipinski definition) is 3. The average molecular weight is 283 g/mol. The number of carbonyl (C=O) groups is 1. The fourth-order valence-electron chi connectivity index (χ4n) is 2.35. The molecule has 110 valence electrons. The molecule has 1 aliphatic rings. The van der Waals surface area contributed by atoms with Gasteiger partial charge in [0.05, 0.1) is 11.3 Å². The van der Waals surface area contributed by atoms with Crippen molar-refractivity contribution in [3.05, 3.63) is 59.2 Å². The smallest absolute Gasteiger partial charge is 0.313 e. The van der Waals surface area contributed by atoms with Gasteiger partial charge in [0.15, 0.2) is 0 Å². The SMILES string of the molecule is C=C(C)C1CC=C(C)/C(=N/OC(=O)c2ccccc2C)C1. The van der Waals surface area contributed by atoms with Crippen LogP contribution in [-0.4, -0.2) is 11.7 Å². The number of rotatable bonds is 3. The lowest BCUT2D eigenvalue weighted by Gasteiger charge is -2.21. The van der Waals surface area contributed by atoms with E-state index in [0.29, 0.717) is 11.5 Å². The predicted molar refractivity (Wildman–Crippen MR) is 85.3 cm³/mol. The van der Waals surface area contributed by atoms with Gasteiger partial charge in [0, 0.05) is 6.42 Å². The third-order valence-electron chi connectivity index (χ3n) is 3.90. The molecule has 0 radical (unpaired) electrons. The Morgan fingerprint density at radius 2 is 2.05 bits per heavy atom. The standard InChI is InChI=1S/C18H21NO2/c1-12(2)15-10-9-14(4)17(11-15)19-21-18(20)16-8-6-5-7-13(16)3/h5-9,15H,1,10-11H2,2-4H3/b19-17+. The van der Waals surface area contributed by atoms with E-state index in [1.807, 2.05) is 39.0 Å². The van der Waals surface area contributed by atoms with Crippen LogP contribution in [0, 0.1) is 12.8 Å². The number of oxime groups is 1. The molecular formula is C18H21NO2. The number of allylic oxidation sites excluding steroid dienone is 3. The van der Waals surface area contributed by atoms with Crippen LogP contribution in [0.2, 0.25) is 0 Å². The summed E-state index contributed by atoms with van der Waals surface area (Å²) >= 11 is 0. The zero-order chi connectivity index (χ0) is 15.4. The fourth-order valence-corrected chi connectivity index (χ4v) is 2.35. The molecule has 1 atom stereocenters. The monoisotopic (exact) mass is 283 g/mol. The molecule has 1 aliphatic carbocycles. The third kappa shape index (κ3) is 3.69. The van der Waals surface area contributed by atoms with Crippen molar-refractivity contribution in [1.29, 1.82) is 0 Å². The van der Waals surface area contributed by atoms with Gasteiger partial charge in [-0.25, -0.2) is 4.79 Å². The van der Waals surface area contributed by atoms with Crippen LogP contribution in [-0.2, 0) is 4.84 Å². The summed E-state index contributed by atoms with van der Waals surface area (Å²) in [5.41, 5.74) is 4.48. The molecule has 0 spiro atoms. The molecule has 1 aromatic rings. The molecule has 1 aromatic carbocycles. The Hall–Kier alpha value is -2.16. The van der Waals surface area contributed by atoms with E-state index in [4.69, 9.17) is 4.84 Å². The Labute approximate surface area is 126 Å². The lowest BCUT2D eigenvalue weighted by atomic mass is 9.85. The molecule has 21 heavy (non-hydrogen) atoms. The summed E-state index contributed by atoms with van der Waals surface area (Å²) in [5, 5.41) is 4.07. The van der Waals surface area contributed by atoms with Crippen LogP contribution in [0.15, 0.2) is 53.2 Å². The summed E-state index contributed by atoms with van der Waals surface area (Å²) in [6, 6.07) is 7.34. The summed E-state index contributed by atoms with van der Waals surface area (Å²) in [4.78, 5) is 17.2. The van der Waals surface area contributed by atoms with Crippen molar-refractivity contribution in [2.24, 2.45) is 11.1 Å². The van der Waals surface area contributed by atoms with Gasteiger partial charge >= 0.3 is 5.97 Å². The predicted octanol–water partition coefficient (Wildman–Crippen LogP) is 4.44. The first-order valence-corrected chi connectivity index (χ1v) is 7.15. The van der Waals surface area contributed by atoms with E-state index in [2.05, 4.69) is 17.8 Å². The molecule has 0 amide bonds. The molecule has 0 aliphatic heterocycles. The summed E-state index contributed by atoms with van der Waals surface area (Å²) in [6.45, 7) is 9.90. The summed E-state index contributed by atoms with van der Waals surface area (Å²) in [6.07, 6.45) is 3.88. The first kappa shape index (κ1) is 15.2. The van der Waals surface area contributed by atoms with Gasteiger partial charge in [0.25, 0.3) is 0 Å². The zero-order valence-corrected chi connectivity index (χ0v) is 12.8. The van der Waals surface area contributed by atoms with Crippen LogP contribution in [0.4, 0.5) is 0 Å². The minimum absolute atomic E-state index is 0.379. The highest BCUT2D eigenvalue weighted by atomic mass is 16.7. The number of carbonyl (C=O) groups excluding carboxylic acids is 1. The lowest BCUT2D eigenvalue weighted by molar-refractivity contribution is 0.0514. The van der Waals surface area contributed by atoms with Crippen molar-refractivity contribution < 1.29 is 9.63 Å². The van der Waals surface area contributed by atoms with Gasteiger partial charge in [0.2, 0.25) is 0 Å². The van der Waals surface area contributed by atoms with Crippen molar-refractivity contribution in [1.82, 2.24) is 0 Å². The Kier molecular flexibility index (Phi) is 4.73. The molecule has 0 saturated heterocycles. The first-order valence-electron chi connectivity index (χ1n) is 7.15.